The lowest BCUT2D eigenvalue weighted by Gasteiger charge is -2.16. The van der Waals surface area contributed by atoms with Crippen LogP contribution in [-0.2, 0) is 6.42 Å². The fraction of sp³-hybridized carbons (Fsp3) is 0.308. The number of halogens is 6. The molecular formula is C26H25F6NO2. The van der Waals surface area contributed by atoms with Crippen molar-refractivity contribution in [3.63, 3.8) is 0 Å². The van der Waals surface area contributed by atoms with Gasteiger partial charge in [-0.05, 0) is 60.2 Å². The first-order valence-corrected chi connectivity index (χ1v) is 11.1. The zero-order valence-electron chi connectivity index (χ0n) is 18.8. The molecule has 1 N–H and O–H groups in total. The van der Waals surface area contributed by atoms with Crippen molar-refractivity contribution in [2.45, 2.75) is 38.2 Å². The number of unbranched alkanes of at least 4 members (excludes halogenated alkanes) is 1. The fourth-order valence-electron chi connectivity index (χ4n) is 3.42. The summed E-state index contributed by atoms with van der Waals surface area (Å²) in [6.45, 7) is 0.0549. The molecule has 3 nitrogen and oxygen atoms in total. The van der Waals surface area contributed by atoms with Gasteiger partial charge in [0.15, 0.2) is 0 Å². The molecule has 0 bridgehead atoms. The third-order valence-corrected chi connectivity index (χ3v) is 5.09. The van der Waals surface area contributed by atoms with E-state index in [9.17, 15) is 26.3 Å². The first-order valence-electron chi connectivity index (χ1n) is 11.1. The zero-order chi connectivity index (χ0) is 25.3. The highest BCUT2D eigenvalue weighted by Gasteiger charge is 2.31. The van der Waals surface area contributed by atoms with Crippen LogP contribution < -0.4 is 14.8 Å². The standard InChI is InChI=1S/C26H25F6NO2/c27-25(28,29)15-17-34-24-14-11-21(20-9-12-22(13-10-20)35-26(30,31)32)18-23(24)33-16-5-4-8-19-6-2-1-3-7-19/h1-3,6-7,9-14,18,33H,4-5,8,15-17H2. The van der Waals surface area contributed by atoms with E-state index in [1.807, 2.05) is 18.2 Å². The monoisotopic (exact) mass is 497 g/mol. The van der Waals surface area contributed by atoms with E-state index in [-0.39, 0.29) is 11.5 Å². The lowest BCUT2D eigenvalue weighted by atomic mass is 10.0. The molecule has 188 valence electrons. The number of ether oxygens (including phenoxy) is 2. The van der Waals surface area contributed by atoms with Gasteiger partial charge in [-0.1, -0.05) is 48.5 Å². The maximum atomic E-state index is 12.5. The number of nitrogens with one attached hydrogen (secondary N) is 1. The van der Waals surface area contributed by atoms with Gasteiger partial charge in [-0.25, -0.2) is 0 Å². The molecule has 0 atom stereocenters. The number of aryl methyl sites for hydroxylation is 1. The molecule has 0 saturated carbocycles. The van der Waals surface area contributed by atoms with Crippen molar-refractivity contribution in [3.05, 3.63) is 78.4 Å². The zero-order valence-corrected chi connectivity index (χ0v) is 18.8. The topological polar surface area (TPSA) is 30.5 Å². The summed E-state index contributed by atoms with van der Waals surface area (Å²) < 4.78 is 84.0. The number of alkyl halides is 6. The summed E-state index contributed by atoms with van der Waals surface area (Å²) in [5.41, 5.74) is 3.02. The Hall–Kier alpha value is -3.36. The van der Waals surface area contributed by atoms with E-state index in [4.69, 9.17) is 4.74 Å². The van der Waals surface area contributed by atoms with Gasteiger partial charge in [0.1, 0.15) is 11.5 Å². The minimum absolute atomic E-state index is 0.276. The van der Waals surface area contributed by atoms with Crippen LogP contribution in [0, 0.1) is 0 Å². The van der Waals surface area contributed by atoms with E-state index in [1.54, 1.807) is 18.2 Å². The lowest BCUT2D eigenvalue weighted by molar-refractivity contribution is -0.274. The Kier molecular flexibility index (Phi) is 8.89. The molecule has 3 aromatic rings. The van der Waals surface area contributed by atoms with E-state index < -0.39 is 25.6 Å². The molecule has 9 heteroatoms. The van der Waals surface area contributed by atoms with Gasteiger partial charge < -0.3 is 14.8 Å². The van der Waals surface area contributed by atoms with Crippen molar-refractivity contribution in [1.82, 2.24) is 0 Å². The predicted octanol–water partition coefficient (Wildman–Crippen LogP) is 8.02. The largest absolute Gasteiger partial charge is 0.573 e. The Labute approximate surface area is 199 Å². The molecule has 0 fully saturated rings. The molecular weight excluding hydrogens is 472 g/mol. The minimum atomic E-state index is -4.78. The first-order chi connectivity index (χ1) is 16.6. The Balaban J connectivity index is 1.67. The second-order valence-electron chi connectivity index (χ2n) is 7.87. The van der Waals surface area contributed by atoms with Crippen LogP contribution in [-0.4, -0.2) is 25.7 Å². The van der Waals surface area contributed by atoms with Crippen LogP contribution in [0.15, 0.2) is 72.8 Å². The van der Waals surface area contributed by atoms with Crippen LogP contribution in [0.25, 0.3) is 11.1 Å². The number of hydrogen-bond donors (Lipinski definition) is 1. The highest BCUT2D eigenvalue weighted by atomic mass is 19.4. The van der Waals surface area contributed by atoms with Gasteiger partial charge >= 0.3 is 12.5 Å². The summed E-state index contributed by atoms with van der Waals surface area (Å²) in [5, 5.41) is 3.22. The maximum absolute atomic E-state index is 12.5. The second-order valence-corrected chi connectivity index (χ2v) is 7.87. The first kappa shape index (κ1) is 26.2. The van der Waals surface area contributed by atoms with E-state index in [0.717, 1.165) is 19.3 Å². The summed E-state index contributed by atoms with van der Waals surface area (Å²) in [6, 6.07) is 20.3. The molecule has 0 heterocycles. The Morgan fingerprint density at radius 3 is 2.09 bits per heavy atom. The number of anilines is 1. The van der Waals surface area contributed by atoms with Crippen LogP contribution >= 0.6 is 0 Å². The quantitative estimate of drug-likeness (QED) is 0.215. The van der Waals surface area contributed by atoms with Gasteiger partial charge in [0.25, 0.3) is 0 Å². The molecule has 0 aliphatic heterocycles. The second kappa shape index (κ2) is 11.9. The predicted molar refractivity (Wildman–Crippen MR) is 123 cm³/mol. The summed E-state index contributed by atoms with van der Waals surface area (Å²) in [5.74, 6) is -0.0665. The van der Waals surface area contributed by atoms with E-state index in [1.165, 1.54) is 29.8 Å². The van der Waals surface area contributed by atoms with Crippen molar-refractivity contribution in [1.29, 1.82) is 0 Å². The van der Waals surface area contributed by atoms with Gasteiger partial charge in [-0.3, -0.25) is 0 Å². The third kappa shape index (κ3) is 9.42. The Bertz CT molecular complexity index is 1050. The average Bonchev–Trinajstić information content (AvgIpc) is 2.79. The van der Waals surface area contributed by atoms with Crippen LogP contribution in [0.3, 0.4) is 0 Å². The summed E-state index contributed by atoms with van der Waals surface area (Å²) in [7, 11) is 0. The Morgan fingerprint density at radius 1 is 0.743 bits per heavy atom. The van der Waals surface area contributed by atoms with Crippen LogP contribution in [0.1, 0.15) is 24.8 Å². The molecule has 35 heavy (non-hydrogen) atoms. The summed E-state index contributed by atoms with van der Waals surface area (Å²) in [4.78, 5) is 0. The summed E-state index contributed by atoms with van der Waals surface area (Å²) >= 11 is 0. The normalized spacial score (nSPS) is 11.8. The number of hydrogen-bond acceptors (Lipinski definition) is 3. The Morgan fingerprint density at radius 2 is 1.43 bits per heavy atom. The number of benzene rings is 3. The molecule has 0 spiro atoms. The van der Waals surface area contributed by atoms with Crippen LogP contribution in [0.5, 0.6) is 11.5 Å². The molecule has 0 amide bonds. The molecule has 0 aromatic heterocycles. The molecule has 0 saturated heterocycles. The maximum Gasteiger partial charge on any atom is 0.573 e. The van der Waals surface area contributed by atoms with Crippen molar-refractivity contribution in [3.8, 4) is 22.6 Å². The highest BCUT2D eigenvalue weighted by molar-refractivity contribution is 5.72. The van der Waals surface area contributed by atoms with Crippen LogP contribution in [0.4, 0.5) is 32.0 Å². The smallest absolute Gasteiger partial charge is 0.491 e. The van der Waals surface area contributed by atoms with Gasteiger partial charge in [-0.15, -0.1) is 13.2 Å². The molecule has 0 radical (unpaired) electrons. The van der Waals surface area contributed by atoms with Gasteiger partial charge in [-0.2, -0.15) is 13.2 Å². The molecule has 0 aliphatic rings. The van der Waals surface area contributed by atoms with Crippen molar-refractivity contribution < 1.29 is 35.8 Å². The SMILES string of the molecule is FC(F)(F)CCOc1ccc(-c2ccc(OC(F)(F)F)cc2)cc1NCCCCc1ccccc1. The molecule has 0 aliphatic carbocycles. The van der Waals surface area contributed by atoms with E-state index >= 15 is 0 Å². The van der Waals surface area contributed by atoms with Crippen molar-refractivity contribution in [2.75, 3.05) is 18.5 Å². The van der Waals surface area contributed by atoms with Crippen molar-refractivity contribution >= 4 is 5.69 Å². The molecule has 3 rings (SSSR count). The molecule has 3 aromatic carbocycles. The van der Waals surface area contributed by atoms with Gasteiger partial charge in [0.2, 0.25) is 0 Å². The highest BCUT2D eigenvalue weighted by Crippen LogP contribution is 2.33. The average molecular weight is 497 g/mol. The lowest BCUT2D eigenvalue weighted by Crippen LogP contribution is -2.16. The fourth-order valence-corrected chi connectivity index (χ4v) is 3.42. The molecule has 0 unspecified atom stereocenters. The van der Waals surface area contributed by atoms with E-state index in [0.29, 0.717) is 23.4 Å². The minimum Gasteiger partial charge on any atom is -0.491 e. The van der Waals surface area contributed by atoms with Crippen molar-refractivity contribution in [2.24, 2.45) is 0 Å². The van der Waals surface area contributed by atoms with E-state index in [2.05, 4.69) is 22.2 Å². The van der Waals surface area contributed by atoms with Crippen LogP contribution in [0.2, 0.25) is 0 Å². The third-order valence-electron chi connectivity index (χ3n) is 5.09. The van der Waals surface area contributed by atoms with Gasteiger partial charge in [0.05, 0.1) is 18.7 Å². The number of rotatable bonds is 11. The summed E-state index contributed by atoms with van der Waals surface area (Å²) in [6.07, 6.45) is -7.54. The van der Waals surface area contributed by atoms with Gasteiger partial charge in [0, 0.05) is 6.54 Å².